The van der Waals surface area contributed by atoms with Crippen molar-refractivity contribution in [3.63, 3.8) is 0 Å². The normalized spacial score (nSPS) is 39.8. The second kappa shape index (κ2) is 8.05. The Morgan fingerprint density at radius 3 is 2.35 bits per heavy atom. The summed E-state index contributed by atoms with van der Waals surface area (Å²) in [5.74, 6) is -0.241. The Balaban J connectivity index is 1.60. The van der Waals surface area contributed by atoms with Crippen molar-refractivity contribution >= 4 is 17.0 Å². The minimum Gasteiger partial charge on any atom is -0.740 e. The summed E-state index contributed by atoms with van der Waals surface area (Å²) in [6.07, 6.45) is -13.8. The van der Waals surface area contributed by atoms with E-state index in [2.05, 4.69) is 9.97 Å². The molecule has 0 aliphatic carbocycles. The predicted molar refractivity (Wildman–Crippen MR) is 96.6 cm³/mol. The molecule has 31 heavy (non-hydrogen) atoms. The van der Waals surface area contributed by atoms with E-state index in [1.165, 1.54) is 10.9 Å². The lowest BCUT2D eigenvalue weighted by Crippen LogP contribution is -2.63. The molecule has 0 amide bonds. The number of fused-ring (bicyclic) bond motifs is 1. The number of hydrogen-bond donors (Lipinski definition) is 8. The van der Waals surface area contributed by atoms with E-state index < -0.39 is 67.8 Å². The molecule has 10 atom stereocenters. The van der Waals surface area contributed by atoms with Gasteiger partial charge in [-0.25, -0.2) is 9.71 Å². The number of ether oxygens (including phenoxy) is 2. The first-order chi connectivity index (χ1) is 14.7. The highest BCUT2D eigenvalue weighted by atomic mass is 16.6. The van der Waals surface area contributed by atoms with Crippen molar-refractivity contribution in [3.8, 4) is 0 Å². The zero-order chi connectivity index (χ0) is 22.6. The van der Waals surface area contributed by atoms with Crippen LogP contribution < -0.4 is 10.5 Å². The van der Waals surface area contributed by atoms with Crippen LogP contribution in [0.1, 0.15) is 6.23 Å². The molecule has 4 heterocycles. The number of nitrogens with zero attached hydrogens (tertiary/aromatic N) is 4. The number of hydrogen-bond acceptors (Lipinski definition) is 13. The first-order valence-corrected chi connectivity index (χ1v) is 9.37. The van der Waals surface area contributed by atoms with Gasteiger partial charge in [0.1, 0.15) is 61.3 Å². The highest BCUT2D eigenvalue weighted by Gasteiger charge is 2.54. The number of imidazole rings is 1. The Hall–Kier alpha value is -2.21. The maximum absolute atomic E-state index is 11.6. The van der Waals surface area contributed by atoms with Gasteiger partial charge in [0.15, 0.2) is 11.7 Å². The molecule has 2 fully saturated rings. The van der Waals surface area contributed by atoms with Gasteiger partial charge >= 0.3 is 0 Å². The molecule has 0 saturated carbocycles. The lowest BCUT2D eigenvalue weighted by molar-refractivity contribution is -0.592. The van der Waals surface area contributed by atoms with Crippen molar-refractivity contribution in [1.82, 2.24) is 14.5 Å². The van der Waals surface area contributed by atoms with Gasteiger partial charge in [0, 0.05) is 0 Å². The van der Waals surface area contributed by atoms with Gasteiger partial charge in [-0.2, -0.15) is 0 Å². The molecule has 2 aromatic rings. The molecule has 2 aliphatic heterocycles. The van der Waals surface area contributed by atoms with Crippen LogP contribution in [0.2, 0.25) is 0 Å². The summed E-state index contributed by atoms with van der Waals surface area (Å²) in [5, 5.41) is 82.5. The largest absolute Gasteiger partial charge is 0.740 e. The van der Waals surface area contributed by atoms with E-state index in [0.717, 1.165) is 6.33 Å². The average Bonchev–Trinajstić information content (AvgIpc) is 3.30. The number of anilines is 1. The highest BCUT2D eigenvalue weighted by Crippen LogP contribution is 2.36. The third-order valence-electron chi connectivity index (χ3n) is 5.68. The molecule has 0 spiro atoms. The minimum atomic E-state index is -1.78. The van der Waals surface area contributed by atoms with Gasteiger partial charge in [-0.3, -0.25) is 4.57 Å². The van der Waals surface area contributed by atoms with Gasteiger partial charge < -0.3 is 56.2 Å². The standard InChI is InChI=1S/C16H23N5O10/c17-14-5-15(19-3-21(14)29)20(2-18-5)16-10(27)9(26)13(31-16)11(28)12-8(25)7(24)6(23)4(1-22)30-12/h2-4,6-13,16,22-28H,1,17H2/t4-,6-,7+,8-,9+,10-,11?,12+,13+,16-/m1/s1. The van der Waals surface area contributed by atoms with Crippen LogP contribution >= 0.6 is 0 Å². The van der Waals surface area contributed by atoms with E-state index >= 15 is 0 Å². The van der Waals surface area contributed by atoms with Crippen LogP contribution in [0.3, 0.4) is 0 Å². The fourth-order valence-electron chi connectivity index (χ4n) is 3.92. The maximum Gasteiger partial charge on any atom is 0.251 e. The van der Waals surface area contributed by atoms with Crippen LogP contribution in [0.4, 0.5) is 5.82 Å². The highest BCUT2D eigenvalue weighted by molar-refractivity contribution is 5.79. The number of rotatable bonds is 4. The maximum atomic E-state index is 11.6. The van der Waals surface area contributed by atoms with Crippen molar-refractivity contribution in [1.29, 1.82) is 0 Å². The number of aliphatic hydroxyl groups is 7. The third-order valence-corrected chi connectivity index (χ3v) is 5.68. The molecule has 15 heteroatoms. The Morgan fingerprint density at radius 1 is 1.03 bits per heavy atom. The van der Waals surface area contributed by atoms with E-state index in [4.69, 9.17) is 15.2 Å². The molecule has 2 aromatic heterocycles. The molecule has 9 N–H and O–H groups in total. The molecule has 0 aromatic carbocycles. The second-order valence-corrected chi connectivity index (χ2v) is 7.54. The summed E-state index contributed by atoms with van der Waals surface area (Å²) >= 11 is 0. The minimum absolute atomic E-state index is 0.0284. The van der Waals surface area contributed by atoms with Crippen molar-refractivity contribution in [2.45, 2.75) is 61.2 Å². The molecule has 1 unspecified atom stereocenters. The molecule has 0 radical (unpaired) electrons. The smallest absolute Gasteiger partial charge is 0.251 e. The first-order valence-electron chi connectivity index (χ1n) is 9.37. The second-order valence-electron chi connectivity index (χ2n) is 7.54. The zero-order valence-electron chi connectivity index (χ0n) is 15.9. The van der Waals surface area contributed by atoms with Gasteiger partial charge in [-0.1, -0.05) is 4.98 Å². The fourth-order valence-corrected chi connectivity index (χ4v) is 3.92. The Kier molecular flexibility index (Phi) is 5.71. The van der Waals surface area contributed by atoms with Gasteiger partial charge in [-0.05, 0) is 0 Å². The first kappa shape index (κ1) is 22.0. The third kappa shape index (κ3) is 3.39. The average molecular weight is 445 g/mol. The summed E-state index contributed by atoms with van der Waals surface area (Å²) < 4.78 is 12.4. The van der Waals surface area contributed by atoms with Crippen molar-refractivity contribution in [2.24, 2.45) is 0 Å². The Morgan fingerprint density at radius 2 is 1.68 bits per heavy atom. The summed E-state index contributed by atoms with van der Waals surface area (Å²) in [6, 6.07) is 0. The number of aliphatic hydroxyl groups excluding tert-OH is 7. The van der Waals surface area contributed by atoms with Gasteiger partial charge in [-0.15, -0.1) is 0 Å². The van der Waals surface area contributed by atoms with Crippen molar-refractivity contribution in [2.75, 3.05) is 12.3 Å². The number of nitrogen functional groups attached to an aromatic ring is 1. The Bertz CT molecular complexity index is 943. The number of nitrogens with two attached hydrogens (primary N) is 1. The van der Waals surface area contributed by atoms with Crippen LogP contribution in [0.5, 0.6) is 0 Å². The van der Waals surface area contributed by atoms with Crippen molar-refractivity contribution < 1.29 is 49.9 Å². The van der Waals surface area contributed by atoms with Crippen molar-refractivity contribution in [3.05, 3.63) is 17.9 Å². The van der Waals surface area contributed by atoms with E-state index in [-0.39, 0.29) is 17.0 Å². The fraction of sp³-hybridized carbons (Fsp3) is 0.688. The molecule has 15 nitrogen and oxygen atoms in total. The summed E-state index contributed by atoms with van der Waals surface area (Å²) in [5.41, 5.74) is 5.77. The van der Waals surface area contributed by atoms with Crippen LogP contribution in [0.25, 0.3) is 11.2 Å². The number of aromatic nitrogens is 4. The lowest BCUT2D eigenvalue weighted by atomic mass is 9.89. The molecule has 172 valence electrons. The van der Waals surface area contributed by atoms with Crippen LogP contribution in [-0.4, -0.2) is 112 Å². The van der Waals surface area contributed by atoms with E-state index in [1.807, 2.05) is 0 Å². The van der Waals surface area contributed by atoms with Crippen LogP contribution in [0.15, 0.2) is 12.7 Å². The lowest BCUT2D eigenvalue weighted by Gasteiger charge is -2.43. The molecule has 4 rings (SSSR count). The predicted octanol–water partition coefficient (Wildman–Crippen LogP) is -5.53. The monoisotopic (exact) mass is 445 g/mol. The van der Waals surface area contributed by atoms with Gasteiger partial charge in [0.2, 0.25) is 12.0 Å². The van der Waals surface area contributed by atoms with Gasteiger partial charge in [0.25, 0.3) is 5.82 Å². The van der Waals surface area contributed by atoms with Gasteiger partial charge in [0.05, 0.1) is 6.61 Å². The van der Waals surface area contributed by atoms with E-state index in [0.29, 0.717) is 4.73 Å². The topological polar surface area (TPSA) is 244 Å². The molecule has 2 saturated heterocycles. The quantitative estimate of drug-likeness (QED) is 0.162. The van der Waals surface area contributed by atoms with Crippen LogP contribution in [0, 0.1) is 5.21 Å². The summed E-state index contributed by atoms with van der Waals surface area (Å²) in [7, 11) is 0. The molecular weight excluding hydrogens is 422 g/mol. The molecular formula is C16H23N5O10. The van der Waals surface area contributed by atoms with E-state index in [1.54, 1.807) is 0 Å². The molecule has 0 bridgehead atoms. The zero-order valence-corrected chi connectivity index (χ0v) is 15.9. The summed E-state index contributed by atoms with van der Waals surface area (Å²) in [4.78, 5) is 7.86. The van der Waals surface area contributed by atoms with E-state index in [9.17, 15) is 41.0 Å². The summed E-state index contributed by atoms with van der Waals surface area (Å²) in [6.45, 7) is -0.707. The SMILES string of the molecule is Nc1c2ncn([C@@H]3O[C@H](C(O)[C@H]4O[C@H](CO)[C@@H](O)[C@H](O)[C@H]4O)[C@@H](O)[C@H]3O)c2nc[n+]1[O-]. The molecule has 2 aliphatic rings. The Labute approximate surface area is 173 Å². The van der Waals surface area contributed by atoms with Crippen LogP contribution in [-0.2, 0) is 9.47 Å².